The van der Waals surface area contributed by atoms with Crippen molar-refractivity contribution in [1.29, 1.82) is 0 Å². The van der Waals surface area contributed by atoms with E-state index < -0.39 is 15.8 Å². The average Bonchev–Trinajstić information content (AvgIpc) is 2.94. The fourth-order valence-electron chi connectivity index (χ4n) is 2.54. The van der Waals surface area contributed by atoms with Gasteiger partial charge in [0.1, 0.15) is 5.82 Å². The fourth-order valence-corrected chi connectivity index (χ4v) is 3.12. The summed E-state index contributed by atoms with van der Waals surface area (Å²) in [5.74, 6) is -0.851. The standard InChI is InChI=1S/C15H19FN2O3S/c1-3-22(20,21)17-9-12-7-8-18(10-12)15(19)14-11(2)5-4-6-13(14)16/h3-6,12,17H,1,7-10H2,2H3/t12-/m1/s1. The predicted molar refractivity (Wildman–Crippen MR) is 82.3 cm³/mol. The van der Waals surface area contributed by atoms with Crippen molar-refractivity contribution in [1.82, 2.24) is 9.62 Å². The maximum absolute atomic E-state index is 13.9. The third kappa shape index (κ3) is 3.72. The van der Waals surface area contributed by atoms with Crippen molar-refractivity contribution in [3.05, 3.63) is 47.1 Å². The summed E-state index contributed by atoms with van der Waals surface area (Å²) in [7, 11) is -3.46. The molecule has 0 aliphatic carbocycles. The van der Waals surface area contributed by atoms with Crippen LogP contribution in [-0.4, -0.2) is 38.9 Å². The molecule has 1 N–H and O–H groups in total. The molecule has 0 bridgehead atoms. The SMILES string of the molecule is C=CS(=O)(=O)NC[C@H]1CCN(C(=O)c2c(C)cccc2F)C1. The molecule has 1 aliphatic rings. The van der Waals surface area contributed by atoms with Crippen molar-refractivity contribution in [3.63, 3.8) is 0 Å². The highest BCUT2D eigenvalue weighted by atomic mass is 32.2. The lowest BCUT2D eigenvalue weighted by Gasteiger charge is -2.18. The Balaban J connectivity index is 2.01. The molecular weight excluding hydrogens is 307 g/mol. The number of hydrogen-bond donors (Lipinski definition) is 1. The molecule has 5 nitrogen and oxygen atoms in total. The van der Waals surface area contributed by atoms with Crippen molar-refractivity contribution in [2.75, 3.05) is 19.6 Å². The Morgan fingerprint density at radius 2 is 2.27 bits per heavy atom. The van der Waals surface area contributed by atoms with Gasteiger partial charge in [-0.15, -0.1) is 0 Å². The van der Waals surface area contributed by atoms with E-state index in [1.54, 1.807) is 24.0 Å². The Labute approximate surface area is 129 Å². The van der Waals surface area contributed by atoms with Gasteiger partial charge in [-0.1, -0.05) is 18.7 Å². The third-order valence-corrected chi connectivity index (χ3v) is 4.81. The molecule has 0 aromatic heterocycles. The molecule has 2 rings (SSSR count). The van der Waals surface area contributed by atoms with Crippen LogP contribution in [0.15, 0.2) is 30.2 Å². The lowest BCUT2D eigenvalue weighted by atomic mass is 10.1. The van der Waals surface area contributed by atoms with E-state index in [0.29, 0.717) is 25.1 Å². The highest BCUT2D eigenvalue weighted by molar-refractivity contribution is 7.92. The van der Waals surface area contributed by atoms with Gasteiger partial charge in [-0.3, -0.25) is 4.79 Å². The first-order valence-electron chi connectivity index (χ1n) is 7.00. The molecule has 1 heterocycles. The smallest absolute Gasteiger partial charge is 0.257 e. The summed E-state index contributed by atoms with van der Waals surface area (Å²) in [6, 6.07) is 4.53. The van der Waals surface area contributed by atoms with E-state index in [9.17, 15) is 17.6 Å². The van der Waals surface area contributed by atoms with E-state index in [-0.39, 0.29) is 23.9 Å². The van der Waals surface area contributed by atoms with Gasteiger partial charge in [-0.25, -0.2) is 17.5 Å². The zero-order valence-electron chi connectivity index (χ0n) is 12.4. The number of benzene rings is 1. The minimum absolute atomic E-state index is 0.0192. The predicted octanol–water partition coefficient (Wildman–Crippen LogP) is 1.66. The molecule has 0 unspecified atom stereocenters. The van der Waals surface area contributed by atoms with Crippen molar-refractivity contribution in [3.8, 4) is 0 Å². The van der Waals surface area contributed by atoms with E-state index in [2.05, 4.69) is 11.3 Å². The van der Waals surface area contributed by atoms with Gasteiger partial charge in [0, 0.05) is 25.0 Å². The van der Waals surface area contributed by atoms with Crippen LogP contribution in [0.2, 0.25) is 0 Å². The molecule has 1 fully saturated rings. The number of amides is 1. The summed E-state index contributed by atoms with van der Waals surface area (Å²) in [4.78, 5) is 14.0. The summed E-state index contributed by atoms with van der Waals surface area (Å²) < 4.78 is 38.9. The van der Waals surface area contributed by atoms with Crippen molar-refractivity contribution >= 4 is 15.9 Å². The number of sulfonamides is 1. The summed E-state index contributed by atoms with van der Waals surface area (Å²) in [5, 5.41) is 0.855. The van der Waals surface area contributed by atoms with E-state index in [1.807, 2.05) is 0 Å². The van der Waals surface area contributed by atoms with Crippen LogP contribution in [0.25, 0.3) is 0 Å². The first kappa shape index (κ1) is 16.6. The lowest BCUT2D eigenvalue weighted by molar-refractivity contribution is 0.0782. The normalized spacial score (nSPS) is 18.5. The molecule has 1 aliphatic heterocycles. The van der Waals surface area contributed by atoms with Crippen LogP contribution in [0.3, 0.4) is 0 Å². The van der Waals surface area contributed by atoms with Crippen LogP contribution in [0, 0.1) is 18.7 Å². The zero-order valence-corrected chi connectivity index (χ0v) is 13.2. The quantitative estimate of drug-likeness (QED) is 0.895. The number of likely N-dealkylation sites (tertiary alicyclic amines) is 1. The minimum Gasteiger partial charge on any atom is -0.338 e. The van der Waals surface area contributed by atoms with Crippen molar-refractivity contribution < 1.29 is 17.6 Å². The van der Waals surface area contributed by atoms with Gasteiger partial charge in [-0.05, 0) is 30.9 Å². The Bertz CT molecular complexity index is 668. The first-order valence-corrected chi connectivity index (χ1v) is 8.55. The first-order chi connectivity index (χ1) is 10.3. The van der Waals surface area contributed by atoms with E-state index >= 15 is 0 Å². The molecule has 1 atom stereocenters. The van der Waals surface area contributed by atoms with Crippen molar-refractivity contribution in [2.45, 2.75) is 13.3 Å². The average molecular weight is 326 g/mol. The van der Waals surface area contributed by atoms with Crippen LogP contribution < -0.4 is 4.72 Å². The second-order valence-corrected chi connectivity index (χ2v) is 7.11. The van der Waals surface area contributed by atoms with E-state index in [1.165, 1.54) is 6.07 Å². The summed E-state index contributed by atoms with van der Waals surface area (Å²) in [6.45, 7) is 6.07. The molecule has 0 spiro atoms. The molecule has 0 radical (unpaired) electrons. The van der Waals surface area contributed by atoms with Crippen molar-refractivity contribution in [2.24, 2.45) is 5.92 Å². The number of rotatable bonds is 5. The maximum atomic E-state index is 13.9. The van der Waals surface area contributed by atoms with Crippen LogP contribution in [-0.2, 0) is 10.0 Å². The van der Waals surface area contributed by atoms with Gasteiger partial charge in [0.25, 0.3) is 5.91 Å². The Morgan fingerprint density at radius 3 is 2.91 bits per heavy atom. The van der Waals surface area contributed by atoms with Crippen LogP contribution in [0.1, 0.15) is 22.3 Å². The fraction of sp³-hybridized carbons (Fsp3) is 0.400. The van der Waals surface area contributed by atoms with Gasteiger partial charge in [0.2, 0.25) is 10.0 Å². The molecule has 22 heavy (non-hydrogen) atoms. The highest BCUT2D eigenvalue weighted by Gasteiger charge is 2.29. The van der Waals surface area contributed by atoms with E-state index in [0.717, 1.165) is 5.41 Å². The number of carbonyl (C=O) groups is 1. The second-order valence-electron chi connectivity index (χ2n) is 5.40. The van der Waals surface area contributed by atoms with Gasteiger partial charge >= 0.3 is 0 Å². The monoisotopic (exact) mass is 326 g/mol. The third-order valence-electron chi connectivity index (χ3n) is 3.80. The van der Waals surface area contributed by atoms with Gasteiger partial charge < -0.3 is 4.90 Å². The Kier molecular flexibility index (Phi) is 4.97. The largest absolute Gasteiger partial charge is 0.338 e. The number of nitrogens with zero attached hydrogens (tertiary/aromatic N) is 1. The van der Waals surface area contributed by atoms with Crippen LogP contribution in [0.4, 0.5) is 4.39 Å². The molecule has 7 heteroatoms. The summed E-state index contributed by atoms with van der Waals surface area (Å²) >= 11 is 0. The molecule has 1 amide bonds. The minimum atomic E-state index is -3.46. The Hall–Kier alpha value is -1.73. The number of carbonyl (C=O) groups excluding carboxylic acids is 1. The number of hydrogen-bond acceptors (Lipinski definition) is 3. The topological polar surface area (TPSA) is 66.5 Å². The van der Waals surface area contributed by atoms with E-state index in [4.69, 9.17) is 0 Å². The molecule has 1 aromatic carbocycles. The lowest BCUT2D eigenvalue weighted by Crippen LogP contribution is -2.33. The molecule has 1 saturated heterocycles. The number of halogens is 1. The second kappa shape index (κ2) is 6.58. The zero-order chi connectivity index (χ0) is 16.3. The maximum Gasteiger partial charge on any atom is 0.257 e. The molecule has 0 saturated carbocycles. The summed E-state index contributed by atoms with van der Waals surface area (Å²) in [5.41, 5.74) is 0.690. The Morgan fingerprint density at radius 1 is 1.55 bits per heavy atom. The van der Waals surface area contributed by atoms with Gasteiger partial charge in [-0.2, -0.15) is 0 Å². The summed E-state index contributed by atoms with van der Waals surface area (Å²) in [6.07, 6.45) is 0.679. The van der Waals surface area contributed by atoms with Gasteiger partial charge in [0.05, 0.1) is 5.56 Å². The molecular formula is C15H19FN2O3S. The van der Waals surface area contributed by atoms with Gasteiger partial charge in [0.15, 0.2) is 0 Å². The highest BCUT2D eigenvalue weighted by Crippen LogP contribution is 2.21. The molecule has 120 valence electrons. The number of nitrogens with one attached hydrogen (secondary N) is 1. The number of aryl methyl sites for hydroxylation is 1. The van der Waals surface area contributed by atoms with Crippen LogP contribution >= 0.6 is 0 Å². The van der Waals surface area contributed by atoms with Crippen LogP contribution in [0.5, 0.6) is 0 Å². The molecule has 1 aromatic rings.